The largest absolute Gasteiger partial charge is 1.00 e. The third kappa shape index (κ3) is 12.7. The summed E-state index contributed by atoms with van der Waals surface area (Å²) < 4.78 is 11.3. The van der Waals surface area contributed by atoms with Crippen LogP contribution in [0.2, 0.25) is 0 Å². The first kappa shape index (κ1) is 38.7. The Morgan fingerprint density at radius 1 is 0.689 bits per heavy atom. The van der Waals surface area contributed by atoms with Gasteiger partial charge < -0.3 is 36.2 Å². The summed E-state index contributed by atoms with van der Waals surface area (Å²) in [5.41, 5.74) is 3.57. The van der Waals surface area contributed by atoms with Gasteiger partial charge >= 0.3 is 11.9 Å². The van der Waals surface area contributed by atoms with Gasteiger partial charge in [0.15, 0.2) is 0 Å². The molecular weight excluding hydrogens is 590 g/mol. The van der Waals surface area contributed by atoms with E-state index < -0.39 is 11.9 Å². The number of halogens is 1. The molecule has 45 heavy (non-hydrogen) atoms. The highest BCUT2D eigenvalue weighted by Gasteiger charge is 2.19. The molecule has 0 aromatic heterocycles. The molecule has 0 spiro atoms. The molecule has 0 unspecified atom stereocenters. The second kappa shape index (κ2) is 19.9. The molecule has 9 nitrogen and oxygen atoms in total. The van der Waals surface area contributed by atoms with Crippen LogP contribution in [-0.4, -0.2) is 83.0 Å². The Morgan fingerprint density at radius 3 is 1.42 bits per heavy atom. The molecule has 0 amide bonds. The van der Waals surface area contributed by atoms with Gasteiger partial charge in [-0.25, -0.2) is 9.59 Å². The Kier molecular flexibility index (Phi) is 17.1. The van der Waals surface area contributed by atoms with Gasteiger partial charge in [0.25, 0.3) is 0 Å². The number of hydrogen-bond acceptors (Lipinski definition) is 8. The second-order valence-electron chi connectivity index (χ2n) is 10.9. The summed E-state index contributed by atoms with van der Waals surface area (Å²) in [6, 6.07) is 19.3. The van der Waals surface area contributed by atoms with E-state index in [9.17, 15) is 20.1 Å². The fraction of sp³-hybridized carbons (Fsp3) is 0.429. The van der Waals surface area contributed by atoms with Gasteiger partial charge in [0.1, 0.15) is 36.4 Å². The number of nitriles is 2. The van der Waals surface area contributed by atoms with E-state index in [0.717, 1.165) is 48.7 Å². The predicted octanol–water partition coefficient (Wildman–Crippen LogP) is 2.45. The first-order valence-corrected chi connectivity index (χ1v) is 15.2. The van der Waals surface area contributed by atoms with Crippen molar-refractivity contribution in [1.82, 2.24) is 0 Å². The SMILES string of the molecule is CCN(CC)c1ccc(C=C(C#N)C(=O)OCCC[N+](C)(C)CCOC(=O)C(C#N)=Cc2ccc(N(CC)CC)cc2)cc1.[Cl-]. The highest BCUT2D eigenvalue weighted by atomic mass is 35.5. The van der Waals surface area contributed by atoms with E-state index in [1.54, 1.807) is 0 Å². The van der Waals surface area contributed by atoms with Crippen LogP contribution in [0.15, 0.2) is 59.7 Å². The summed E-state index contributed by atoms with van der Waals surface area (Å²) in [5, 5.41) is 19.0. The molecule has 0 heterocycles. The number of rotatable bonds is 17. The maximum absolute atomic E-state index is 12.5. The van der Waals surface area contributed by atoms with Gasteiger partial charge in [0.05, 0.1) is 27.2 Å². The molecule has 0 saturated heterocycles. The van der Waals surface area contributed by atoms with Crippen LogP contribution in [0.5, 0.6) is 0 Å². The van der Waals surface area contributed by atoms with E-state index in [0.29, 0.717) is 24.0 Å². The van der Waals surface area contributed by atoms with Gasteiger partial charge in [0, 0.05) is 44.0 Å². The van der Waals surface area contributed by atoms with Crippen LogP contribution in [0.1, 0.15) is 45.2 Å². The van der Waals surface area contributed by atoms with Gasteiger partial charge in [-0.2, -0.15) is 10.5 Å². The van der Waals surface area contributed by atoms with Crippen molar-refractivity contribution in [2.24, 2.45) is 0 Å². The molecule has 0 N–H and O–H groups in total. The molecule has 242 valence electrons. The Balaban J connectivity index is 0.0000101. The van der Waals surface area contributed by atoms with Gasteiger partial charge in [-0.1, -0.05) is 24.3 Å². The zero-order valence-electron chi connectivity index (χ0n) is 27.4. The monoisotopic (exact) mass is 635 g/mol. The zero-order valence-corrected chi connectivity index (χ0v) is 28.1. The number of nitrogens with zero attached hydrogens (tertiary/aromatic N) is 5. The van der Waals surface area contributed by atoms with E-state index in [2.05, 4.69) is 37.5 Å². The van der Waals surface area contributed by atoms with Crippen molar-refractivity contribution >= 4 is 35.5 Å². The number of ether oxygens (including phenoxy) is 2. The van der Waals surface area contributed by atoms with E-state index in [-0.39, 0.29) is 36.8 Å². The van der Waals surface area contributed by atoms with Gasteiger partial charge in [-0.15, -0.1) is 0 Å². The molecule has 0 aliphatic rings. The summed E-state index contributed by atoms with van der Waals surface area (Å²) in [7, 11) is 3.97. The van der Waals surface area contributed by atoms with Gasteiger partial charge in [0.2, 0.25) is 0 Å². The molecule has 2 aromatic rings. The summed E-state index contributed by atoms with van der Waals surface area (Å²) in [6.45, 7) is 13.4. The van der Waals surface area contributed by atoms with Crippen LogP contribution in [-0.2, 0) is 19.1 Å². The quantitative estimate of drug-likeness (QED) is 0.0858. The molecule has 0 aliphatic carbocycles. The van der Waals surface area contributed by atoms with Crippen molar-refractivity contribution in [2.45, 2.75) is 34.1 Å². The lowest BCUT2D eigenvalue weighted by Gasteiger charge is -2.29. The highest BCUT2D eigenvalue weighted by molar-refractivity contribution is 5.98. The van der Waals surface area contributed by atoms with Crippen LogP contribution in [0.25, 0.3) is 12.2 Å². The molecule has 10 heteroatoms. The fourth-order valence-corrected chi connectivity index (χ4v) is 4.66. The predicted molar refractivity (Wildman–Crippen MR) is 176 cm³/mol. The van der Waals surface area contributed by atoms with Crippen molar-refractivity contribution in [1.29, 1.82) is 10.5 Å². The van der Waals surface area contributed by atoms with E-state index in [4.69, 9.17) is 9.47 Å². The number of benzene rings is 2. The lowest BCUT2D eigenvalue weighted by molar-refractivity contribution is -0.890. The van der Waals surface area contributed by atoms with E-state index in [1.807, 2.05) is 74.8 Å². The minimum absolute atomic E-state index is 0. The fourth-order valence-electron chi connectivity index (χ4n) is 4.66. The molecule has 0 radical (unpaired) electrons. The van der Waals surface area contributed by atoms with Crippen LogP contribution in [0, 0.1) is 22.7 Å². The topological polar surface area (TPSA) is 107 Å². The summed E-state index contributed by atoms with van der Waals surface area (Å²) in [5.74, 6) is -1.31. The molecule has 0 saturated carbocycles. The average Bonchev–Trinajstić information content (AvgIpc) is 3.03. The smallest absolute Gasteiger partial charge is 0.349 e. The molecule has 2 rings (SSSR count). The molecular formula is C35H46ClN5O4. The van der Waals surface area contributed by atoms with Crippen molar-refractivity contribution < 1.29 is 36.0 Å². The zero-order chi connectivity index (χ0) is 32.5. The summed E-state index contributed by atoms with van der Waals surface area (Å²) >= 11 is 0. The van der Waals surface area contributed by atoms with Gasteiger partial charge in [-0.3, -0.25) is 0 Å². The second-order valence-corrected chi connectivity index (χ2v) is 10.9. The van der Waals surface area contributed by atoms with Crippen molar-refractivity contribution in [3.8, 4) is 12.1 Å². The minimum Gasteiger partial charge on any atom is -1.00 e. The number of likely N-dealkylation sites (N-methyl/N-ethyl adjacent to an activating group) is 1. The Hall–Kier alpha value is -4.31. The summed E-state index contributed by atoms with van der Waals surface area (Å²) in [4.78, 5) is 29.5. The number of esters is 2. The summed E-state index contributed by atoms with van der Waals surface area (Å²) in [6.07, 6.45) is 3.64. The molecule has 2 aromatic carbocycles. The van der Waals surface area contributed by atoms with Crippen molar-refractivity contribution in [3.63, 3.8) is 0 Å². The molecule has 0 fully saturated rings. The minimum atomic E-state index is -0.659. The van der Waals surface area contributed by atoms with Gasteiger partial charge in [-0.05, 0) is 75.2 Å². The molecule has 0 aliphatic heterocycles. The maximum atomic E-state index is 12.5. The van der Waals surface area contributed by atoms with E-state index >= 15 is 0 Å². The van der Waals surface area contributed by atoms with Crippen LogP contribution >= 0.6 is 0 Å². The van der Waals surface area contributed by atoms with Crippen LogP contribution in [0.3, 0.4) is 0 Å². The van der Waals surface area contributed by atoms with Crippen LogP contribution in [0.4, 0.5) is 11.4 Å². The number of carbonyl (C=O) groups excluding carboxylic acids is 2. The Bertz CT molecular complexity index is 1360. The number of hydrogen-bond donors (Lipinski definition) is 0. The van der Waals surface area contributed by atoms with Crippen molar-refractivity contribution in [3.05, 3.63) is 70.8 Å². The maximum Gasteiger partial charge on any atom is 0.349 e. The van der Waals surface area contributed by atoms with E-state index in [1.165, 1.54) is 12.2 Å². The number of quaternary nitrogens is 1. The lowest BCUT2D eigenvalue weighted by atomic mass is 10.1. The average molecular weight is 636 g/mol. The first-order chi connectivity index (χ1) is 21.1. The Morgan fingerprint density at radius 2 is 1.07 bits per heavy atom. The normalized spacial score (nSPS) is 11.5. The first-order valence-electron chi connectivity index (χ1n) is 15.2. The molecule has 0 atom stereocenters. The van der Waals surface area contributed by atoms with Crippen LogP contribution < -0.4 is 22.2 Å². The van der Waals surface area contributed by atoms with Crippen molar-refractivity contribution in [2.75, 3.05) is 76.4 Å². The lowest BCUT2D eigenvalue weighted by Crippen LogP contribution is -3.00. The standard InChI is InChI=1S/C35H46N5O4.ClH/c1-7-38(8-2)32-16-12-28(13-17-32)24-30(26-36)34(41)43-22-11-20-40(5,6)21-23-44-35(42)31(27-37)25-29-14-18-33(19-15-29)39(9-3)10-4;/h12-19,24-25H,7-11,20-23H2,1-6H3;1H/q+1;/p-1. The molecule has 0 bridgehead atoms. The Labute approximate surface area is 274 Å². The highest BCUT2D eigenvalue weighted by Crippen LogP contribution is 2.18. The third-order valence-corrected chi connectivity index (χ3v) is 7.42. The number of anilines is 2. The number of carbonyl (C=O) groups is 2. The third-order valence-electron chi connectivity index (χ3n) is 7.42.